The lowest BCUT2D eigenvalue weighted by Crippen LogP contribution is -2.14. The van der Waals surface area contributed by atoms with Gasteiger partial charge in [-0.1, -0.05) is 37.3 Å². The summed E-state index contributed by atoms with van der Waals surface area (Å²) < 4.78 is 0. The molecule has 108 valence electrons. The molecule has 1 atom stereocenters. The van der Waals surface area contributed by atoms with Crippen molar-refractivity contribution in [3.05, 3.63) is 47.3 Å². The van der Waals surface area contributed by atoms with Crippen LogP contribution in [0.2, 0.25) is 0 Å². The first kappa shape index (κ1) is 13.8. The van der Waals surface area contributed by atoms with Crippen LogP contribution in [-0.2, 0) is 0 Å². The molecule has 2 heterocycles. The fourth-order valence-electron chi connectivity index (χ4n) is 2.20. The maximum atomic E-state index is 5.43. The zero-order chi connectivity index (χ0) is 14.7. The van der Waals surface area contributed by atoms with Gasteiger partial charge < -0.3 is 5.32 Å². The number of nitrogen functional groups attached to an aromatic ring is 1. The Morgan fingerprint density at radius 3 is 2.76 bits per heavy atom. The molecule has 0 aliphatic carbocycles. The number of anilines is 2. The summed E-state index contributed by atoms with van der Waals surface area (Å²) in [6, 6.07) is 12.4. The van der Waals surface area contributed by atoms with E-state index in [4.69, 9.17) is 5.84 Å². The lowest BCUT2D eigenvalue weighted by atomic mass is 10.0. The molecule has 0 amide bonds. The molecule has 3 rings (SSSR count). The highest BCUT2D eigenvalue weighted by atomic mass is 32.1. The van der Waals surface area contributed by atoms with Gasteiger partial charge in [-0.15, -0.1) is 11.3 Å². The van der Waals surface area contributed by atoms with Gasteiger partial charge in [-0.05, 0) is 22.9 Å². The number of nitrogens with zero attached hydrogens (tertiary/aromatic N) is 2. The van der Waals surface area contributed by atoms with E-state index < -0.39 is 0 Å². The van der Waals surface area contributed by atoms with Gasteiger partial charge in [-0.25, -0.2) is 10.8 Å². The molecule has 6 heteroatoms. The molecule has 0 radical (unpaired) electrons. The van der Waals surface area contributed by atoms with Crippen molar-refractivity contribution in [2.75, 3.05) is 17.3 Å². The highest BCUT2D eigenvalue weighted by Gasteiger charge is 2.10. The topological polar surface area (TPSA) is 75.9 Å². The van der Waals surface area contributed by atoms with E-state index in [-0.39, 0.29) is 0 Å². The second-order valence-electron chi connectivity index (χ2n) is 4.87. The third-order valence-electron chi connectivity index (χ3n) is 3.40. The SMILES string of the molecule is CC(CNc1nc(NN)nc2sccc12)c1ccccc1. The monoisotopic (exact) mass is 299 g/mol. The van der Waals surface area contributed by atoms with E-state index in [0.29, 0.717) is 11.9 Å². The van der Waals surface area contributed by atoms with Gasteiger partial charge in [0, 0.05) is 6.54 Å². The molecule has 2 aromatic heterocycles. The number of hydrogen-bond donors (Lipinski definition) is 3. The zero-order valence-electron chi connectivity index (χ0n) is 11.7. The molecular weight excluding hydrogens is 282 g/mol. The summed E-state index contributed by atoms with van der Waals surface area (Å²) in [5.41, 5.74) is 3.82. The van der Waals surface area contributed by atoms with Gasteiger partial charge in [-0.2, -0.15) is 4.98 Å². The van der Waals surface area contributed by atoms with E-state index in [1.165, 1.54) is 5.56 Å². The number of nitrogens with one attached hydrogen (secondary N) is 2. The molecule has 21 heavy (non-hydrogen) atoms. The largest absolute Gasteiger partial charge is 0.369 e. The average Bonchev–Trinajstić information content (AvgIpc) is 3.01. The van der Waals surface area contributed by atoms with Gasteiger partial charge in [0.1, 0.15) is 10.6 Å². The van der Waals surface area contributed by atoms with Crippen LogP contribution >= 0.6 is 11.3 Å². The lowest BCUT2D eigenvalue weighted by molar-refractivity contribution is 0.802. The Balaban J connectivity index is 1.80. The van der Waals surface area contributed by atoms with Gasteiger partial charge in [0.25, 0.3) is 0 Å². The molecule has 0 aliphatic rings. The van der Waals surface area contributed by atoms with E-state index in [2.05, 4.69) is 51.9 Å². The minimum atomic E-state index is 0.393. The van der Waals surface area contributed by atoms with Gasteiger partial charge in [0.2, 0.25) is 5.95 Å². The average molecular weight is 299 g/mol. The number of hydrazine groups is 1. The molecule has 0 aliphatic heterocycles. The van der Waals surface area contributed by atoms with E-state index in [9.17, 15) is 0 Å². The molecule has 4 N–H and O–H groups in total. The molecular formula is C15H17N5S. The first-order valence-electron chi connectivity index (χ1n) is 6.78. The Morgan fingerprint density at radius 1 is 1.19 bits per heavy atom. The molecule has 0 saturated carbocycles. The smallest absolute Gasteiger partial charge is 0.240 e. The highest BCUT2D eigenvalue weighted by molar-refractivity contribution is 7.16. The molecule has 1 aromatic carbocycles. The Bertz CT molecular complexity index is 725. The number of nitrogens with two attached hydrogens (primary N) is 1. The second kappa shape index (κ2) is 6.07. The number of rotatable bonds is 5. The first-order valence-corrected chi connectivity index (χ1v) is 7.66. The number of fused-ring (bicyclic) bond motifs is 1. The van der Waals surface area contributed by atoms with E-state index in [1.807, 2.05) is 17.5 Å². The highest BCUT2D eigenvalue weighted by Crippen LogP contribution is 2.27. The molecule has 0 spiro atoms. The number of thiophene rings is 1. The van der Waals surface area contributed by atoms with Crippen molar-refractivity contribution in [3.63, 3.8) is 0 Å². The Labute approximate surface area is 127 Å². The Kier molecular flexibility index (Phi) is 3.98. The predicted molar refractivity (Wildman–Crippen MR) is 88.6 cm³/mol. The third-order valence-corrected chi connectivity index (χ3v) is 4.21. The van der Waals surface area contributed by atoms with Gasteiger partial charge in [0.05, 0.1) is 5.39 Å². The van der Waals surface area contributed by atoms with Crippen molar-refractivity contribution >= 4 is 33.3 Å². The number of hydrogen-bond acceptors (Lipinski definition) is 6. The maximum Gasteiger partial charge on any atom is 0.240 e. The summed E-state index contributed by atoms with van der Waals surface area (Å²) >= 11 is 1.57. The summed E-state index contributed by atoms with van der Waals surface area (Å²) in [6.07, 6.45) is 0. The molecule has 3 aromatic rings. The fraction of sp³-hybridized carbons (Fsp3) is 0.200. The number of aromatic nitrogens is 2. The summed E-state index contributed by atoms with van der Waals surface area (Å²) in [6.45, 7) is 2.99. The minimum absolute atomic E-state index is 0.393. The summed E-state index contributed by atoms with van der Waals surface area (Å²) in [7, 11) is 0. The van der Waals surface area contributed by atoms with Crippen LogP contribution in [-0.4, -0.2) is 16.5 Å². The molecule has 0 saturated heterocycles. The minimum Gasteiger partial charge on any atom is -0.369 e. The Morgan fingerprint density at radius 2 is 2.00 bits per heavy atom. The van der Waals surface area contributed by atoms with E-state index >= 15 is 0 Å². The van der Waals surface area contributed by atoms with Crippen molar-refractivity contribution in [1.29, 1.82) is 0 Å². The van der Waals surface area contributed by atoms with Crippen LogP contribution in [0.1, 0.15) is 18.4 Å². The number of benzene rings is 1. The zero-order valence-corrected chi connectivity index (χ0v) is 12.5. The third kappa shape index (κ3) is 2.96. The van der Waals surface area contributed by atoms with Crippen molar-refractivity contribution in [1.82, 2.24) is 9.97 Å². The summed E-state index contributed by atoms with van der Waals surface area (Å²) in [4.78, 5) is 9.66. The standard InChI is InChI=1S/C15H17N5S/c1-10(11-5-3-2-4-6-11)9-17-13-12-7-8-21-14(12)19-15(18-13)20-16/h2-8,10H,9,16H2,1H3,(H2,17,18,19,20). The fourth-order valence-corrected chi connectivity index (χ4v) is 2.97. The van der Waals surface area contributed by atoms with Gasteiger partial charge >= 0.3 is 0 Å². The van der Waals surface area contributed by atoms with Crippen LogP contribution in [0.15, 0.2) is 41.8 Å². The normalized spacial score (nSPS) is 12.3. The van der Waals surface area contributed by atoms with Crippen LogP contribution in [0.25, 0.3) is 10.2 Å². The molecule has 1 unspecified atom stereocenters. The maximum absolute atomic E-state index is 5.43. The van der Waals surface area contributed by atoms with Crippen LogP contribution in [0.3, 0.4) is 0 Å². The predicted octanol–water partition coefficient (Wildman–Crippen LogP) is 3.19. The molecule has 0 fully saturated rings. The van der Waals surface area contributed by atoms with Crippen LogP contribution in [0.4, 0.5) is 11.8 Å². The quantitative estimate of drug-likeness (QED) is 0.498. The summed E-state index contributed by atoms with van der Waals surface area (Å²) in [5, 5.41) is 6.44. The lowest BCUT2D eigenvalue weighted by Gasteiger charge is -2.14. The molecule has 0 bridgehead atoms. The van der Waals surface area contributed by atoms with E-state index in [0.717, 1.165) is 22.6 Å². The second-order valence-corrected chi connectivity index (χ2v) is 5.77. The van der Waals surface area contributed by atoms with Crippen molar-refractivity contribution < 1.29 is 0 Å². The van der Waals surface area contributed by atoms with Crippen LogP contribution in [0, 0.1) is 0 Å². The van der Waals surface area contributed by atoms with Gasteiger partial charge in [0.15, 0.2) is 0 Å². The Hall–Kier alpha value is -2.18. The van der Waals surface area contributed by atoms with Crippen molar-refractivity contribution in [3.8, 4) is 0 Å². The summed E-state index contributed by atoms with van der Waals surface area (Å²) in [5.74, 6) is 7.07. The van der Waals surface area contributed by atoms with Crippen molar-refractivity contribution in [2.45, 2.75) is 12.8 Å². The molecule has 5 nitrogen and oxygen atoms in total. The van der Waals surface area contributed by atoms with Crippen LogP contribution in [0.5, 0.6) is 0 Å². The van der Waals surface area contributed by atoms with Gasteiger partial charge in [-0.3, -0.25) is 5.43 Å². The van der Waals surface area contributed by atoms with Crippen molar-refractivity contribution in [2.24, 2.45) is 5.84 Å². The van der Waals surface area contributed by atoms with Crippen LogP contribution < -0.4 is 16.6 Å². The first-order chi connectivity index (χ1) is 10.3. The van der Waals surface area contributed by atoms with E-state index in [1.54, 1.807) is 11.3 Å².